The van der Waals surface area contributed by atoms with Crippen LogP contribution in [-0.2, 0) is 14.8 Å². The summed E-state index contributed by atoms with van der Waals surface area (Å²) in [6.45, 7) is 1.91. The topological polar surface area (TPSA) is 108 Å². The van der Waals surface area contributed by atoms with Gasteiger partial charge >= 0.3 is 0 Å². The van der Waals surface area contributed by atoms with Crippen molar-refractivity contribution in [1.82, 2.24) is 19.5 Å². The summed E-state index contributed by atoms with van der Waals surface area (Å²) in [6.07, 6.45) is 0.565. The lowest BCUT2D eigenvalue weighted by atomic mass is 10.4. The predicted octanol–water partition coefficient (Wildman–Crippen LogP) is -0.913. The molecule has 0 radical (unpaired) electrons. The maximum absolute atomic E-state index is 11.6. The van der Waals surface area contributed by atoms with Gasteiger partial charge in [0.05, 0.1) is 12.3 Å². The molecule has 0 aliphatic carbocycles. The van der Waals surface area contributed by atoms with E-state index in [0.717, 1.165) is 0 Å². The Kier molecular flexibility index (Phi) is 3.11. The zero-order chi connectivity index (χ0) is 12.5. The predicted molar refractivity (Wildman–Crippen MR) is 59.7 cm³/mol. The van der Waals surface area contributed by atoms with Crippen LogP contribution in [0.3, 0.4) is 0 Å². The smallest absolute Gasteiger partial charge is 0.248 e. The molecule has 1 aliphatic heterocycles. The van der Waals surface area contributed by atoms with Gasteiger partial charge in [0.1, 0.15) is 5.82 Å². The second kappa shape index (κ2) is 4.41. The van der Waals surface area contributed by atoms with Gasteiger partial charge in [-0.05, 0) is 13.3 Å². The molecule has 2 heterocycles. The van der Waals surface area contributed by atoms with Crippen molar-refractivity contribution < 1.29 is 13.2 Å². The molecule has 1 aromatic rings. The first-order valence-corrected chi connectivity index (χ1v) is 6.75. The lowest BCUT2D eigenvalue weighted by molar-refractivity contribution is -0.116. The normalized spacial score (nSPS) is 19.4. The number of nitrogens with zero attached hydrogens (tertiary/aromatic N) is 3. The second-order valence-electron chi connectivity index (χ2n) is 3.80. The standard InChI is InChI=1S/C8H13N5O3S/c1-6-9-8(12-11-6)10-7(14)5-13-3-2-4-17(13,15)16/h2-5H2,1H3,(H2,9,10,11,12,14). The van der Waals surface area contributed by atoms with Crippen LogP contribution < -0.4 is 5.32 Å². The van der Waals surface area contributed by atoms with Crippen LogP contribution >= 0.6 is 0 Å². The molecule has 8 nitrogen and oxygen atoms in total. The van der Waals surface area contributed by atoms with Gasteiger partial charge in [0.2, 0.25) is 21.9 Å². The Labute approximate surface area is 98.5 Å². The highest BCUT2D eigenvalue weighted by molar-refractivity contribution is 7.89. The van der Waals surface area contributed by atoms with E-state index in [4.69, 9.17) is 0 Å². The summed E-state index contributed by atoms with van der Waals surface area (Å²) < 4.78 is 24.1. The summed E-state index contributed by atoms with van der Waals surface area (Å²) in [4.78, 5) is 15.4. The van der Waals surface area contributed by atoms with Gasteiger partial charge in [0.15, 0.2) is 0 Å². The second-order valence-corrected chi connectivity index (χ2v) is 5.88. The van der Waals surface area contributed by atoms with E-state index in [1.165, 1.54) is 4.31 Å². The fraction of sp³-hybridized carbons (Fsp3) is 0.625. The number of aromatic nitrogens is 3. The van der Waals surface area contributed by atoms with Crippen LogP contribution in [0.1, 0.15) is 12.2 Å². The number of hydrogen-bond acceptors (Lipinski definition) is 5. The van der Waals surface area contributed by atoms with E-state index in [1.807, 2.05) is 0 Å². The van der Waals surface area contributed by atoms with Crippen LogP contribution in [0.25, 0.3) is 0 Å². The first kappa shape index (κ1) is 12.0. The summed E-state index contributed by atoms with van der Waals surface area (Å²) in [5.41, 5.74) is 0. The lowest BCUT2D eigenvalue weighted by Crippen LogP contribution is -2.34. The van der Waals surface area contributed by atoms with Gasteiger partial charge in [-0.2, -0.15) is 9.29 Å². The molecule has 2 rings (SSSR count). The molecule has 94 valence electrons. The number of nitrogens with one attached hydrogen (secondary N) is 2. The zero-order valence-corrected chi connectivity index (χ0v) is 10.1. The van der Waals surface area contributed by atoms with Crippen molar-refractivity contribution in [3.8, 4) is 0 Å². The van der Waals surface area contributed by atoms with Crippen LogP contribution in [0.5, 0.6) is 0 Å². The molecule has 0 bridgehead atoms. The van der Waals surface area contributed by atoms with Crippen molar-refractivity contribution in [2.45, 2.75) is 13.3 Å². The highest BCUT2D eigenvalue weighted by Gasteiger charge is 2.29. The quantitative estimate of drug-likeness (QED) is 0.730. The molecule has 0 unspecified atom stereocenters. The van der Waals surface area contributed by atoms with Gasteiger partial charge in [-0.25, -0.2) is 8.42 Å². The van der Waals surface area contributed by atoms with E-state index in [-0.39, 0.29) is 18.2 Å². The summed E-state index contributed by atoms with van der Waals surface area (Å²) in [5.74, 6) is 0.410. The Morgan fingerprint density at radius 3 is 2.88 bits per heavy atom. The van der Waals surface area contributed by atoms with Gasteiger partial charge in [-0.1, -0.05) is 0 Å². The van der Waals surface area contributed by atoms with Crippen LogP contribution in [0, 0.1) is 6.92 Å². The molecule has 2 N–H and O–H groups in total. The van der Waals surface area contributed by atoms with Gasteiger partial charge in [-0.3, -0.25) is 15.2 Å². The molecule has 1 aromatic heterocycles. The Morgan fingerprint density at radius 2 is 2.35 bits per heavy atom. The molecule has 1 amide bonds. The summed E-state index contributed by atoms with van der Waals surface area (Å²) in [5, 5.41) is 8.74. The average Bonchev–Trinajstić information content (AvgIpc) is 2.74. The third kappa shape index (κ3) is 2.80. The van der Waals surface area contributed by atoms with E-state index >= 15 is 0 Å². The maximum Gasteiger partial charge on any atom is 0.248 e. The van der Waals surface area contributed by atoms with Crippen LogP contribution in [0.4, 0.5) is 5.95 Å². The number of carbonyl (C=O) groups excluding carboxylic acids is 1. The average molecular weight is 259 g/mol. The molecule has 9 heteroatoms. The Bertz CT molecular complexity index is 523. The third-order valence-electron chi connectivity index (χ3n) is 2.37. The Hall–Kier alpha value is -1.48. The summed E-state index contributed by atoms with van der Waals surface area (Å²) >= 11 is 0. The number of aryl methyl sites for hydroxylation is 1. The van der Waals surface area contributed by atoms with E-state index in [9.17, 15) is 13.2 Å². The van der Waals surface area contributed by atoms with E-state index in [1.54, 1.807) is 6.92 Å². The molecule has 1 fully saturated rings. The third-order valence-corrected chi connectivity index (χ3v) is 4.27. The van der Waals surface area contributed by atoms with E-state index in [2.05, 4.69) is 20.5 Å². The fourth-order valence-corrected chi connectivity index (χ4v) is 3.07. The van der Waals surface area contributed by atoms with E-state index < -0.39 is 15.9 Å². The minimum Gasteiger partial charge on any atom is -0.292 e. The number of amides is 1. The molecular weight excluding hydrogens is 246 g/mol. The van der Waals surface area contributed by atoms with Crippen LogP contribution in [0.15, 0.2) is 0 Å². The van der Waals surface area contributed by atoms with Gasteiger partial charge in [-0.15, -0.1) is 5.10 Å². The molecule has 17 heavy (non-hydrogen) atoms. The number of H-pyrrole nitrogens is 1. The number of sulfonamides is 1. The van der Waals surface area contributed by atoms with Crippen molar-refractivity contribution >= 4 is 21.9 Å². The molecule has 0 saturated carbocycles. The molecular formula is C8H13N5O3S. The number of aromatic amines is 1. The van der Waals surface area contributed by atoms with Gasteiger partial charge in [0.25, 0.3) is 0 Å². The summed E-state index contributed by atoms with van der Waals surface area (Å²) in [6, 6.07) is 0. The highest BCUT2D eigenvalue weighted by atomic mass is 32.2. The minimum atomic E-state index is -3.25. The first-order valence-electron chi connectivity index (χ1n) is 5.14. The van der Waals surface area contributed by atoms with Crippen LogP contribution in [-0.4, -0.2) is 52.7 Å². The van der Waals surface area contributed by atoms with Crippen molar-refractivity contribution in [1.29, 1.82) is 0 Å². The lowest BCUT2D eigenvalue weighted by Gasteiger charge is -2.12. The van der Waals surface area contributed by atoms with Crippen molar-refractivity contribution in [3.63, 3.8) is 0 Å². The van der Waals surface area contributed by atoms with Crippen molar-refractivity contribution in [3.05, 3.63) is 5.82 Å². The number of anilines is 1. The number of hydrogen-bond donors (Lipinski definition) is 2. The largest absolute Gasteiger partial charge is 0.292 e. The fourth-order valence-electron chi connectivity index (χ4n) is 1.59. The highest BCUT2D eigenvalue weighted by Crippen LogP contribution is 2.12. The monoisotopic (exact) mass is 259 g/mol. The SMILES string of the molecule is Cc1nc(NC(=O)CN2CCCS2(=O)=O)n[nH]1. The molecule has 0 aromatic carbocycles. The first-order chi connectivity index (χ1) is 7.97. The molecule has 1 aliphatic rings. The molecule has 1 saturated heterocycles. The van der Waals surface area contributed by atoms with E-state index in [0.29, 0.717) is 18.8 Å². The van der Waals surface area contributed by atoms with Crippen molar-refractivity contribution in [2.75, 3.05) is 24.2 Å². The Morgan fingerprint density at radius 1 is 1.59 bits per heavy atom. The number of carbonyl (C=O) groups is 1. The van der Waals surface area contributed by atoms with Gasteiger partial charge in [0, 0.05) is 6.54 Å². The molecule has 0 atom stereocenters. The number of rotatable bonds is 3. The van der Waals surface area contributed by atoms with Crippen molar-refractivity contribution in [2.24, 2.45) is 0 Å². The minimum absolute atomic E-state index is 0.111. The van der Waals surface area contributed by atoms with Gasteiger partial charge < -0.3 is 0 Å². The maximum atomic E-state index is 11.6. The molecule has 0 spiro atoms. The Balaban J connectivity index is 1.94. The van der Waals surface area contributed by atoms with Crippen LogP contribution in [0.2, 0.25) is 0 Å². The zero-order valence-electron chi connectivity index (χ0n) is 9.30. The summed E-state index contributed by atoms with van der Waals surface area (Å²) in [7, 11) is -3.25.